The molecule has 0 bridgehead atoms. The molecular weight excluding hydrogens is 204 g/mol. The Hall–Kier alpha value is -1.55. The summed E-state index contributed by atoms with van der Waals surface area (Å²) in [4.78, 5) is 4.45. The molecule has 0 amide bonds. The highest BCUT2D eigenvalue weighted by atomic mass is 16.5. The molecule has 1 aromatic rings. The standard InChI is InChI=1S/C12H16N2O2/c13-6-5-12-14-10(8-16-12)7-9-1-3-11(15)4-2-9/h1-4,10,15H,5-8,13H2. The summed E-state index contributed by atoms with van der Waals surface area (Å²) < 4.78 is 5.42. The van der Waals surface area contributed by atoms with Crippen LogP contribution in [0.25, 0.3) is 0 Å². The molecule has 0 fully saturated rings. The second kappa shape index (κ2) is 4.99. The van der Waals surface area contributed by atoms with Crippen LogP contribution in [-0.4, -0.2) is 30.2 Å². The Morgan fingerprint density at radius 3 is 2.81 bits per heavy atom. The molecule has 0 saturated carbocycles. The van der Waals surface area contributed by atoms with E-state index in [1.807, 2.05) is 12.1 Å². The summed E-state index contributed by atoms with van der Waals surface area (Å²) in [5, 5.41) is 9.16. The Kier molecular flexibility index (Phi) is 3.41. The van der Waals surface area contributed by atoms with Crippen LogP contribution in [0.3, 0.4) is 0 Å². The lowest BCUT2D eigenvalue weighted by molar-refractivity contribution is 0.309. The minimum Gasteiger partial charge on any atom is -0.508 e. The molecule has 1 atom stereocenters. The van der Waals surface area contributed by atoms with E-state index in [1.54, 1.807) is 12.1 Å². The molecule has 1 heterocycles. The average Bonchev–Trinajstić information content (AvgIpc) is 2.70. The van der Waals surface area contributed by atoms with Crippen LogP contribution in [0, 0.1) is 0 Å². The van der Waals surface area contributed by atoms with Crippen LogP contribution < -0.4 is 5.73 Å². The first kappa shape index (κ1) is 11.0. The van der Waals surface area contributed by atoms with E-state index in [-0.39, 0.29) is 6.04 Å². The summed E-state index contributed by atoms with van der Waals surface area (Å²) in [5.41, 5.74) is 6.59. The van der Waals surface area contributed by atoms with Crippen molar-refractivity contribution in [1.82, 2.24) is 0 Å². The van der Waals surface area contributed by atoms with Gasteiger partial charge in [0.15, 0.2) is 5.90 Å². The van der Waals surface area contributed by atoms with Crippen molar-refractivity contribution < 1.29 is 9.84 Å². The minimum absolute atomic E-state index is 0.186. The van der Waals surface area contributed by atoms with E-state index in [4.69, 9.17) is 15.6 Å². The van der Waals surface area contributed by atoms with Crippen molar-refractivity contribution in [3.05, 3.63) is 29.8 Å². The van der Waals surface area contributed by atoms with Crippen molar-refractivity contribution >= 4 is 5.90 Å². The fourth-order valence-corrected chi connectivity index (χ4v) is 1.74. The topological polar surface area (TPSA) is 67.8 Å². The SMILES string of the molecule is NCCC1=NC(Cc2ccc(O)cc2)CO1. The molecule has 1 unspecified atom stereocenters. The van der Waals surface area contributed by atoms with Crippen LogP contribution in [0.4, 0.5) is 0 Å². The van der Waals surface area contributed by atoms with Crippen molar-refractivity contribution in [2.45, 2.75) is 18.9 Å². The lowest BCUT2D eigenvalue weighted by Crippen LogP contribution is -2.10. The molecule has 1 aliphatic heterocycles. The summed E-state index contributed by atoms with van der Waals surface area (Å²) in [5.74, 6) is 1.06. The molecule has 0 saturated heterocycles. The molecule has 4 nitrogen and oxygen atoms in total. The summed E-state index contributed by atoms with van der Waals surface area (Å²) in [6, 6.07) is 7.38. The zero-order valence-electron chi connectivity index (χ0n) is 9.10. The normalized spacial score (nSPS) is 19.3. The minimum atomic E-state index is 0.186. The van der Waals surface area contributed by atoms with E-state index in [0.717, 1.165) is 17.9 Å². The van der Waals surface area contributed by atoms with Crippen LogP contribution in [0.1, 0.15) is 12.0 Å². The van der Waals surface area contributed by atoms with E-state index in [9.17, 15) is 0 Å². The first-order chi connectivity index (χ1) is 7.78. The number of aromatic hydroxyl groups is 1. The molecular formula is C12H16N2O2. The van der Waals surface area contributed by atoms with E-state index in [2.05, 4.69) is 4.99 Å². The third-order valence-corrected chi connectivity index (χ3v) is 2.53. The molecule has 1 aliphatic rings. The Labute approximate surface area is 94.8 Å². The van der Waals surface area contributed by atoms with Gasteiger partial charge in [0.05, 0.1) is 6.04 Å². The summed E-state index contributed by atoms with van der Waals surface area (Å²) >= 11 is 0. The van der Waals surface area contributed by atoms with Gasteiger partial charge >= 0.3 is 0 Å². The number of hydrogen-bond acceptors (Lipinski definition) is 4. The number of nitrogens with zero attached hydrogens (tertiary/aromatic N) is 1. The van der Waals surface area contributed by atoms with Gasteiger partial charge in [-0.2, -0.15) is 0 Å². The van der Waals surface area contributed by atoms with Crippen molar-refractivity contribution in [1.29, 1.82) is 0 Å². The van der Waals surface area contributed by atoms with Gasteiger partial charge in [-0.1, -0.05) is 12.1 Å². The average molecular weight is 220 g/mol. The van der Waals surface area contributed by atoms with Crippen molar-refractivity contribution in [3.8, 4) is 5.75 Å². The number of aliphatic imine (C=N–C) groups is 1. The van der Waals surface area contributed by atoms with Gasteiger partial charge in [0.1, 0.15) is 12.4 Å². The van der Waals surface area contributed by atoms with Gasteiger partial charge in [-0.15, -0.1) is 0 Å². The Morgan fingerprint density at radius 1 is 1.38 bits per heavy atom. The van der Waals surface area contributed by atoms with Crippen LogP contribution in [0.2, 0.25) is 0 Å². The second-order valence-electron chi connectivity index (χ2n) is 3.90. The number of ether oxygens (including phenoxy) is 1. The Bertz CT molecular complexity index is 373. The Morgan fingerprint density at radius 2 is 2.12 bits per heavy atom. The second-order valence-corrected chi connectivity index (χ2v) is 3.90. The highest BCUT2D eigenvalue weighted by Gasteiger charge is 2.18. The van der Waals surface area contributed by atoms with Crippen molar-refractivity contribution in [2.24, 2.45) is 10.7 Å². The Balaban J connectivity index is 1.93. The smallest absolute Gasteiger partial charge is 0.184 e. The molecule has 0 aromatic heterocycles. The van der Waals surface area contributed by atoms with Crippen molar-refractivity contribution in [3.63, 3.8) is 0 Å². The highest BCUT2D eigenvalue weighted by Crippen LogP contribution is 2.15. The zero-order chi connectivity index (χ0) is 11.4. The van der Waals surface area contributed by atoms with Gasteiger partial charge in [-0.3, -0.25) is 0 Å². The van der Waals surface area contributed by atoms with Gasteiger partial charge in [0, 0.05) is 13.0 Å². The predicted molar refractivity (Wildman–Crippen MR) is 62.7 cm³/mol. The first-order valence-electron chi connectivity index (χ1n) is 5.45. The predicted octanol–water partition coefficient (Wildman–Crippen LogP) is 1.08. The van der Waals surface area contributed by atoms with Gasteiger partial charge in [0.25, 0.3) is 0 Å². The number of rotatable bonds is 4. The van der Waals surface area contributed by atoms with Gasteiger partial charge in [-0.25, -0.2) is 4.99 Å². The third kappa shape index (κ3) is 2.73. The molecule has 4 heteroatoms. The van der Waals surface area contributed by atoms with Crippen LogP contribution in [0.15, 0.2) is 29.3 Å². The molecule has 1 aromatic carbocycles. The molecule has 0 spiro atoms. The molecule has 16 heavy (non-hydrogen) atoms. The monoisotopic (exact) mass is 220 g/mol. The highest BCUT2D eigenvalue weighted by molar-refractivity contribution is 5.77. The lowest BCUT2D eigenvalue weighted by Gasteiger charge is -2.04. The van der Waals surface area contributed by atoms with E-state index in [0.29, 0.717) is 25.3 Å². The van der Waals surface area contributed by atoms with Crippen LogP contribution in [-0.2, 0) is 11.2 Å². The number of benzene rings is 1. The molecule has 3 N–H and O–H groups in total. The molecule has 0 radical (unpaired) electrons. The van der Waals surface area contributed by atoms with Crippen LogP contribution >= 0.6 is 0 Å². The van der Waals surface area contributed by atoms with Gasteiger partial charge in [-0.05, 0) is 24.1 Å². The molecule has 2 rings (SSSR count). The number of phenols is 1. The number of phenolic OH excluding ortho intramolecular Hbond substituents is 1. The van der Waals surface area contributed by atoms with E-state index in [1.165, 1.54) is 0 Å². The summed E-state index contributed by atoms with van der Waals surface area (Å²) in [6.07, 6.45) is 1.56. The maximum Gasteiger partial charge on any atom is 0.184 e. The summed E-state index contributed by atoms with van der Waals surface area (Å²) in [7, 11) is 0. The van der Waals surface area contributed by atoms with Gasteiger partial charge in [0.2, 0.25) is 0 Å². The summed E-state index contributed by atoms with van der Waals surface area (Å²) in [6.45, 7) is 1.21. The first-order valence-corrected chi connectivity index (χ1v) is 5.45. The quantitative estimate of drug-likeness (QED) is 0.797. The van der Waals surface area contributed by atoms with E-state index < -0.39 is 0 Å². The molecule has 0 aliphatic carbocycles. The zero-order valence-corrected chi connectivity index (χ0v) is 9.10. The number of nitrogens with two attached hydrogens (primary N) is 1. The van der Waals surface area contributed by atoms with Crippen LogP contribution in [0.5, 0.6) is 5.75 Å². The maximum absolute atomic E-state index is 9.16. The van der Waals surface area contributed by atoms with E-state index >= 15 is 0 Å². The lowest BCUT2D eigenvalue weighted by atomic mass is 10.1. The maximum atomic E-state index is 9.16. The van der Waals surface area contributed by atoms with Crippen molar-refractivity contribution in [2.75, 3.05) is 13.2 Å². The molecule has 86 valence electrons. The third-order valence-electron chi connectivity index (χ3n) is 2.53. The fraction of sp³-hybridized carbons (Fsp3) is 0.417. The fourth-order valence-electron chi connectivity index (χ4n) is 1.74. The number of hydrogen-bond donors (Lipinski definition) is 2. The largest absolute Gasteiger partial charge is 0.508 e. The van der Waals surface area contributed by atoms with Gasteiger partial charge < -0.3 is 15.6 Å².